The monoisotopic (exact) mass is 247 g/mol. The summed E-state index contributed by atoms with van der Waals surface area (Å²) in [7, 11) is 0. The van der Waals surface area contributed by atoms with Crippen molar-refractivity contribution in [3.05, 3.63) is 29.8 Å². The van der Waals surface area contributed by atoms with Gasteiger partial charge in [0.05, 0.1) is 0 Å². The fraction of sp³-hybridized carbons (Fsp3) is 0.533. The van der Waals surface area contributed by atoms with Gasteiger partial charge in [-0.25, -0.2) is 0 Å². The zero-order valence-corrected chi connectivity index (χ0v) is 10.9. The van der Waals surface area contributed by atoms with Gasteiger partial charge < -0.3 is 10.0 Å². The summed E-state index contributed by atoms with van der Waals surface area (Å²) in [6.45, 7) is 3.90. The van der Waals surface area contributed by atoms with E-state index in [0.717, 1.165) is 31.8 Å². The first-order valence-electron chi connectivity index (χ1n) is 6.79. The molecule has 0 radical (unpaired) electrons. The van der Waals surface area contributed by atoms with Gasteiger partial charge >= 0.3 is 0 Å². The first kappa shape index (κ1) is 12.9. The predicted molar refractivity (Wildman–Crippen MR) is 71.6 cm³/mol. The molecular formula is C15H21NO2. The molecule has 2 rings (SSSR count). The van der Waals surface area contributed by atoms with Crippen molar-refractivity contribution in [2.75, 3.05) is 13.1 Å². The van der Waals surface area contributed by atoms with Crippen LogP contribution in [0.4, 0.5) is 0 Å². The third kappa shape index (κ3) is 3.03. The van der Waals surface area contributed by atoms with Gasteiger partial charge in [0.1, 0.15) is 5.75 Å². The average Bonchev–Trinajstić information content (AvgIpc) is 2.63. The molecule has 3 nitrogen and oxygen atoms in total. The van der Waals surface area contributed by atoms with Gasteiger partial charge in [-0.1, -0.05) is 19.4 Å². The van der Waals surface area contributed by atoms with Gasteiger partial charge in [-0.05, 0) is 43.4 Å². The van der Waals surface area contributed by atoms with Crippen LogP contribution in [0.25, 0.3) is 0 Å². The fourth-order valence-electron chi connectivity index (χ4n) is 2.60. The summed E-state index contributed by atoms with van der Waals surface area (Å²) >= 11 is 0. The highest BCUT2D eigenvalue weighted by Crippen LogP contribution is 2.22. The van der Waals surface area contributed by atoms with E-state index in [1.807, 2.05) is 4.90 Å². The summed E-state index contributed by atoms with van der Waals surface area (Å²) < 4.78 is 0. The number of carbonyl (C=O) groups excluding carboxylic acids is 1. The van der Waals surface area contributed by atoms with Crippen LogP contribution in [0.1, 0.15) is 43.0 Å². The maximum absolute atomic E-state index is 12.3. The van der Waals surface area contributed by atoms with Crippen molar-refractivity contribution in [2.24, 2.45) is 5.92 Å². The fourth-order valence-corrected chi connectivity index (χ4v) is 2.60. The molecule has 1 aromatic carbocycles. The Morgan fingerprint density at radius 2 is 2.22 bits per heavy atom. The second kappa shape index (κ2) is 5.89. The quantitative estimate of drug-likeness (QED) is 0.872. The minimum Gasteiger partial charge on any atom is -0.508 e. The van der Waals surface area contributed by atoms with Crippen molar-refractivity contribution >= 4 is 5.91 Å². The van der Waals surface area contributed by atoms with Crippen molar-refractivity contribution in [3.8, 4) is 5.75 Å². The molecule has 1 fully saturated rings. The molecule has 1 aliphatic heterocycles. The molecule has 1 aliphatic rings. The lowest BCUT2D eigenvalue weighted by Crippen LogP contribution is -2.31. The summed E-state index contributed by atoms with van der Waals surface area (Å²) in [5, 5.41) is 9.43. The number of phenolic OH excluding ortho intramolecular Hbond substituents is 1. The second-order valence-corrected chi connectivity index (χ2v) is 5.05. The first-order chi connectivity index (χ1) is 8.70. The molecule has 0 aromatic heterocycles. The first-order valence-corrected chi connectivity index (χ1v) is 6.79. The van der Waals surface area contributed by atoms with E-state index in [1.165, 1.54) is 12.8 Å². The molecule has 1 amide bonds. The normalized spacial score (nSPS) is 20.5. The number of rotatable bonds is 2. The lowest BCUT2D eigenvalue weighted by molar-refractivity contribution is 0.0759. The SMILES string of the molecule is CCC1CCCN(C(=O)c2cccc(O)c2)CC1. The predicted octanol–water partition coefficient (Wildman–Crippen LogP) is 3.04. The van der Waals surface area contributed by atoms with E-state index in [1.54, 1.807) is 24.3 Å². The summed E-state index contributed by atoms with van der Waals surface area (Å²) in [5.74, 6) is 0.955. The Morgan fingerprint density at radius 3 is 2.94 bits per heavy atom. The number of benzene rings is 1. The van der Waals surface area contributed by atoms with Crippen molar-refractivity contribution in [1.82, 2.24) is 4.90 Å². The number of phenols is 1. The van der Waals surface area contributed by atoms with E-state index < -0.39 is 0 Å². The topological polar surface area (TPSA) is 40.5 Å². The van der Waals surface area contributed by atoms with Crippen LogP contribution < -0.4 is 0 Å². The molecule has 3 heteroatoms. The Morgan fingerprint density at radius 1 is 1.39 bits per heavy atom. The average molecular weight is 247 g/mol. The van der Waals surface area contributed by atoms with E-state index in [-0.39, 0.29) is 11.7 Å². The van der Waals surface area contributed by atoms with Crippen molar-refractivity contribution in [2.45, 2.75) is 32.6 Å². The summed E-state index contributed by atoms with van der Waals surface area (Å²) in [4.78, 5) is 14.2. The molecule has 0 aliphatic carbocycles. The number of hydrogen-bond donors (Lipinski definition) is 1. The Bertz CT molecular complexity index is 417. The van der Waals surface area contributed by atoms with Crippen LogP contribution in [0, 0.1) is 5.92 Å². The highest BCUT2D eigenvalue weighted by atomic mass is 16.3. The lowest BCUT2D eigenvalue weighted by atomic mass is 9.98. The Kier molecular flexibility index (Phi) is 4.24. The number of likely N-dealkylation sites (tertiary alicyclic amines) is 1. The summed E-state index contributed by atoms with van der Waals surface area (Å²) in [6, 6.07) is 6.62. The second-order valence-electron chi connectivity index (χ2n) is 5.05. The maximum Gasteiger partial charge on any atom is 0.253 e. The van der Waals surface area contributed by atoms with E-state index in [4.69, 9.17) is 0 Å². The molecular weight excluding hydrogens is 226 g/mol. The van der Waals surface area contributed by atoms with Crippen LogP contribution in [0.15, 0.2) is 24.3 Å². The smallest absolute Gasteiger partial charge is 0.253 e. The van der Waals surface area contributed by atoms with Gasteiger partial charge in [0, 0.05) is 18.7 Å². The molecule has 98 valence electrons. The Balaban J connectivity index is 2.05. The molecule has 0 bridgehead atoms. The van der Waals surface area contributed by atoms with Gasteiger partial charge in [-0.3, -0.25) is 4.79 Å². The van der Waals surface area contributed by atoms with Gasteiger partial charge in [0.15, 0.2) is 0 Å². The molecule has 0 spiro atoms. The van der Waals surface area contributed by atoms with E-state index in [9.17, 15) is 9.90 Å². The van der Waals surface area contributed by atoms with Crippen LogP contribution in [-0.4, -0.2) is 29.0 Å². The summed E-state index contributed by atoms with van der Waals surface area (Å²) in [6.07, 6.45) is 4.61. The van der Waals surface area contributed by atoms with Gasteiger partial charge in [-0.2, -0.15) is 0 Å². The largest absolute Gasteiger partial charge is 0.508 e. The Hall–Kier alpha value is -1.51. The highest BCUT2D eigenvalue weighted by molar-refractivity contribution is 5.94. The van der Waals surface area contributed by atoms with Gasteiger partial charge in [0.2, 0.25) is 0 Å². The molecule has 1 saturated heterocycles. The molecule has 18 heavy (non-hydrogen) atoms. The minimum atomic E-state index is 0.0441. The van der Waals surface area contributed by atoms with Crippen LogP contribution in [0.3, 0.4) is 0 Å². The van der Waals surface area contributed by atoms with E-state index in [2.05, 4.69) is 6.92 Å². The molecule has 0 saturated carbocycles. The number of aromatic hydroxyl groups is 1. The van der Waals surface area contributed by atoms with E-state index in [0.29, 0.717) is 5.56 Å². The third-order valence-corrected chi connectivity index (χ3v) is 3.81. The Labute approximate surface area is 108 Å². The zero-order chi connectivity index (χ0) is 13.0. The molecule has 1 N–H and O–H groups in total. The van der Waals surface area contributed by atoms with Crippen LogP contribution in [0.2, 0.25) is 0 Å². The van der Waals surface area contributed by atoms with Crippen molar-refractivity contribution in [1.29, 1.82) is 0 Å². The van der Waals surface area contributed by atoms with Crippen LogP contribution >= 0.6 is 0 Å². The summed E-state index contributed by atoms with van der Waals surface area (Å²) in [5.41, 5.74) is 0.588. The molecule has 1 heterocycles. The van der Waals surface area contributed by atoms with E-state index >= 15 is 0 Å². The van der Waals surface area contributed by atoms with Gasteiger partial charge in [-0.15, -0.1) is 0 Å². The van der Waals surface area contributed by atoms with Gasteiger partial charge in [0.25, 0.3) is 5.91 Å². The van der Waals surface area contributed by atoms with Crippen molar-refractivity contribution in [3.63, 3.8) is 0 Å². The highest BCUT2D eigenvalue weighted by Gasteiger charge is 2.20. The maximum atomic E-state index is 12.3. The number of hydrogen-bond acceptors (Lipinski definition) is 2. The number of amides is 1. The lowest BCUT2D eigenvalue weighted by Gasteiger charge is -2.20. The molecule has 1 aromatic rings. The molecule has 1 atom stereocenters. The molecule has 1 unspecified atom stereocenters. The zero-order valence-electron chi connectivity index (χ0n) is 10.9. The van der Waals surface area contributed by atoms with Crippen LogP contribution in [0.5, 0.6) is 5.75 Å². The standard InChI is InChI=1S/C15H21NO2/c1-2-12-5-4-9-16(10-8-12)15(18)13-6-3-7-14(17)11-13/h3,6-7,11-12,17H,2,4-5,8-10H2,1H3. The number of carbonyl (C=O) groups is 1. The van der Waals surface area contributed by atoms with Crippen LogP contribution in [-0.2, 0) is 0 Å². The minimum absolute atomic E-state index is 0.0441. The number of nitrogens with zero attached hydrogens (tertiary/aromatic N) is 1. The van der Waals surface area contributed by atoms with Crippen molar-refractivity contribution < 1.29 is 9.90 Å². The third-order valence-electron chi connectivity index (χ3n) is 3.81.